The Morgan fingerprint density at radius 1 is 1.50 bits per heavy atom. The van der Waals surface area contributed by atoms with Crippen LogP contribution in [0, 0.1) is 5.92 Å². The zero-order valence-electron chi connectivity index (χ0n) is 13.0. The largest absolute Gasteiger partial charge is 0.378 e. The first-order valence-corrected chi connectivity index (χ1v) is 7.94. The van der Waals surface area contributed by atoms with E-state index in [2.05, 4.69) is 34.4 Å². The van der Waals surface area contributed by atoms with Crippen LogP contribution in [0.3, 0.4) is 0 Å². The van der Waals surface area contributed by atoms with Crippen LogP contribution in [0.1, 0.15) is 25.4 Å². The van der Waals surface area contributed by atoms with E-state index in [1.807, 2.05) is 16.1 Å². The van der Waals surface area contributed by atoms with Crippen molar-refractivity contribution in [1.82, 2.24) is 19.9 Å². The molecular weight excluding hydrogens is 302 g/mol. The number of carbonyl (C=O) groups is 1. The minimum atomic E-state index is -0.294. The number of urea groups is 1. The molecule has 7 nitrogen and oxygen atoms in total. The number of thiazole rings is 1. The molecular formula is C14H21N5O2S. The second kappa shape index (κ2) is 7.90. The van der Waals surface area contributed by atoms with Gasteiger partial charge in [-0.15, -0.1) is 11.3 Å². The molecule has 2 rings (SSSR count). The van der Waals surface area contributed by atoms with E-state index >= 15 is 0 Å². The molecule has 120 valence electrons. The molecule has 0 fully saturated rings. The molecule has 0 aromatic carbocycles. The van der Waals surface area contributed by atoms with Crippen LogP contribution >= 0.6 is 11.3 Å². The lowest BCUT2D eigenvalue weighted by Crippen LogP contribution is -2.29. The predicted octanol–water partition coefficient (Wildman–Crippen LogP) is 2.46. The summed E-state index contributed by atoms with van der Waals surface area (Å²) in [6.45, 7) is 5.98. The standard InChI is InChI=1S/C14H21N5O2S/c1-10(2)7-19-5-4-15-12(19)6-16-13(20)18-14-17-11(8-21-3)9-22-14/h4-5,9-10H,6-8H2,1-3H3,(H2,16,17,18,20). The zero-order valence-corrected chi connectivity index (χ0v) is 13.8. The lowest BCUT2D eigenvalue weighted by molar-refractivity contribution is 0.182. The summed E-state index contributed by atoms with van der Waals surface area (Å²) in [5, 5.41) is 7.91. The van der Waals surface area contributed by atoms with Gasteiger partial charge in [-0.3, -0.25) is 5.32 Å². The Morgan fingerprint density at radius 2 is 2.32 bits per heavy atom. The minimum Gasteiger partial charge on any atom is -0.378 e. The highest BCUT2D eigenvalue weighted by Gasteiger charge is 2.09. The number of methoxy groups -OCH3 is 1. The molecule has 2 N–H and O–H groups in total. The molecule has 2 aromatic rings. The topological polar surface area (TPSA) is 81.1 Å². The number of hydrogen-bond acceptors (Lipinski definition) is 5. The van der Waals surface area contributed by atoms with Gasteiger partial charge < -0.3 is 14.6 Å². The van der Waals surface area contributed by atoms with Gasteiger partial charge in [0, 0.05) is 31.4 Å². The van der Waals surface area contributed by atoms with Crippen molar-refractivity contribution in [3.8, 4) is 0 Å². The van der Waals surface area contributed by atoms with Gasteiger partial charge in [-0.25, -0.2) is 14.8 Å². The van der Waals surface area contributed by atoms with Crippen molar-refractivity contribution in [3.05, 3.63) is 29.3 Å². The Hall–Kier alpha value is -1.93. The van der Waals surface area contributed by atoms with Crippen LogP contribution in [0.5, 0.6) is 0 Å². The van der Waals surface area contributed by atoms with E-state index in [4.69, 9.17) is 4.74 Å². The third-order valence-electron chi connectivity index (χ3n) is 2.84. The highest BCUT2D eigenvalue weighted by atomic mass is 32.1. The molecule has 2 aromatic heterocycles. The maximum Gasteiger partial charge on any atom is 0.321 e. The number of imidazole rings is 1. The van der Waals surface area contributed by atoms with Crippen molar-refractivity contribution in [3.63, 3.8) is 0 Å². The van der Waals surface area contributed by atoms with Gasteiger partial charge in [0.2, 0.25) is 0 Å². The molecule has 0 bridgehead atoms. The molecule has 0 aliphatic carbocycles. The third kappa shape index (κ3) is 4.81. The smallest absolute Gasteiger partial charge is 0.321 e. The summed E-state index contributed by atoms with van der Waals surface area (Å²) >= 11 is 1.37. The van der Waals surface area contributed by atoms with Crippen molar-refractivity contribution in [2.24, 2.45) is 5.92 Å². The van der Waals surface area contributed by atoms with Crippen LogP contribution in [-0.2, 0) is 24.4 Å². The molecule has 0 saturated carbocycles. The van der Waals surface area contributed by atoms with E-state index in [1.165, 1.54) is 11.3 Å². The predicted molar refractivity (Wildman–Crippen MR) is 85.8 cm³/mol. The first-order chi connectivity index (χ1) is 10.6. The molecule has 0 aliphatic rings. The van der Waals surface area contributed by atoms with Crippen molar-refractivity contribution in [2.75, 3.05) is 12.4 Å². The lowest BCUT2D eigenvalue weighted by Gasteiger charge is -2.11. The van der Waals surface area contributed by atoms with Gasteiger partial charge in [-0.1, -0.05) is 13.8 Å². The zero-order chi connectivity index (χ0) is 15.9. The van der Waals surface area contributed by atoms with Gasteiger partial charge in [-0.2, -0.15) is 0 Å². The average molecular weight is 323 g/mol. The Bertz CT molecular complexity index is 608. The number of carbonyl (C=O) groups excluding carboxylic acids is 1. The average Bonchev–Trinajstić information content (AvgIpc) is 3.06. The molecule has 0 spiro atoms. The summed E-state index contributed by atoms with van der Waals surface area (Å²) in [6.07, 6.45) is 3.67. The number of aromatic nitrogens is 3. The summed E-state index contributed by atoms with van der Waals surface area (Å²) in [7, 11) is 1.61. The molecule has 0 radical (unpaired) electrons. The second-order valence-corrected chi connectivity index (χ2v) is 6.13. The van der Waals surface area contributed by atoms with Gasteiger partial charge in [-0.05, 0) is 5.92 Å². The summed E-state index contributed by atoms with van der Waals surface area (Å²) in [5.74, 6) is 1.36. The highest BCUT2D eigenvalue weighted by molar-refractivity contribution is 7.13. The van der Waals surface area contributed by atoms with Crippen LogP contribution in [0.2, 0.25) is 0 Å². The van der Waals surface area contributed by atoms with Gasteiger partial charge in [0.15, 0.2) is 5.13 Å². The Labute approximate surface area is 133 Å². The first kappa shape index (κ1) is 16.4. The highest BCUT2D eigenvalue weighted by Crippen LogP contribution is 2.15. The molecule has 2 amide bonds. The van der Waals surface area contributed by atoms with Crippen molar-refractivity contribution in [2.45, 2.75) is 33.5 Å². The van der Waals surface area contributed by atoms with Crippen molar-refractivity contribution in [1.29, 1.82) is 0 Å². The minimum absolute atomic E-state index is 0.294. The van der Waals surface area contributed by atoms with E-state index in [0.717, 1.165) is 18.1 Å². The summed E-state index contributed by atoms with van der Waals surface area (Å²) in [4.78, 5) is 20.4. The fourth-order valence-electron chi connectivity index (χ4n) is 1.95. The molecule has 0 aliphatic heterocycles. The fourth-order valence-corrected chi connectivity index (χ4v) is 2.64. The Kier molecular flexibility index (Phi) is 5.91. The summed E-state index contributed by atoms with van der Waals surface area (Å²) in [5.41, 5.74) is 0.801. The molecule has 0 saturated heterocycles. The van der Waals surface area contributed by atoms with Crippen LogP contribution in [0.25, 0.3) is 0 Å². The number of ether oxygens (including phenoxy) is 1. The van der Waals surface area contributed by atoms with E-state index < -0.39 is 0 Å². The van der Waals surface area contributed by atoms with Crippen LogP contribution in [-0.4, -0.2) is 27.7 Å². The van der Waals surface area contributed by atoms with E-state index in [1.54, 1.807) is 13.3 Å². The van der Waals surface area contributed by atoms with Gasteiger partial charge in [0.25, 0.3) is 0 Å². The van der Waals surface area contributed by atoms with E-state index in [9.17, 15) is 4.79 Å². The summed E-state index contributed by atoms with van der Waals surface area (Å²) in [6, 6.07) is -0.294. The number of amides is 2. The van der Waals surface area contributed by atoms with Gasteiger partial charge >= 0.3 is 6.03 Å². The van der Waals surface area contributed by atoms with Crippen LogP contribution < -0.4 is 10.6 Å². The normalized spacial score (nSPS) is 10.9. The number of nitrogens with zero attached hydrogens (tertiary/aromatic N) is 3. The van der Waals surface area contributed by atoms with Crippen LogP contribution in [0.15, 0.2) is 17.8 Å². The molecule has 0 unspecified atom stereocenters. The monoisotopic (exact) mass is 323 g/mol. The Balaban J connectivity index is 1.83. The molecule has 8 heteroatoms. The van der Waals surface area contributed by atoms with Crippen molar-refractivity contribution >= 4 is 22.5 Å². The third-order valence-corrected chi connectivity index (χ3v) is 3.64. The summed E-state index contributed by atoms with van der Waals surface area (Å²) < 4.78 is 7.04. The SMILES string of the molecule is COCc1csc(NC(=O)NCc2nccn2CC(C)C)n1. The quantitative estimate of drug-likeness (QED) is 0.820. The number of hydrogen-bond donors (Lipinski definition) is 2. The van der Waals surface area contributed by atoms with E-state index in [-0.39, 0.29) is 6.03 Å². The van der Waals surface area contributed by atoms with Crippen molar-refractivity contribution < 1.29 is 9.53 Å². The van der Waals surface area contributed by atoms with Gasteiger partial charge in [0.05, 0.1) is 18.8 Å². The number of anilines is 1. The maximum atomic E-state index is 11.9. The number of nitrogens with one attached hydrogen (secondary N) is 2. The lowest BCUT2D eigenvalue weighted by atomic mass is 10.2. The first-order valence-electron chi connectivity index (χ1n) is 7.06. The molecule has 2 heterocycles. The molecule has 22 heavy (non-hydrogen) atoms. The molecule has 0 atom stereocenters. The van der Waals surface area contributed by atoms with Crippen LogP contribution in [0.4, 0.5) is 9.93 Å². The fraction of sp³-hybridized carbons (Fsp3) is 0.500. The van der Waals surface area contributed by atoms with E-state index in [0.29, 0.717) is 24.2 Å². The Morgan fingerprint density at radius 3 is 3.05 bits per heavy atom. The second-order valence-electron chi connectivity index (χ2n) is 5.27. The van der Waals surface area contributed by atoms with Gasteiger partial charge in [0.1, 0.15) is 5.82 Å². The maximum absolute atomic E-state index is 11.9. The number of rotatable bonds is 7.